The van der Waals surface area contributed by atoms with Gasteiger partial charge in [-0.05, 0) is 19.3 Å². The van der Waals surface area contributed by atoms with Crippen LogP contribution >= 0.6 is 0 Å². The Bertz CT molecular complexity index is 372. The van der Waals surface area contributed by atoms with Gasteiger partial charge in [-0.1, -0.05) is 18.1 Å². The molecule has 3 rings (SSSR count). The molecule has 17 heavy (non-hydrogen) atoms. The van der Waals surface area contributed by atoms with E-state index in [9.17, 15) is 0 Å². The minimum Gasteiger partial charge on any atom is -0.390 e. The Morgan fingerprint density at radius 1 is 1.24 bits per heavy atom. The summed E-state index contributed by atoms with van der Waals surface area (Å²) >= 11 is 0. The Labute approximate surface area is 101 Å². The molecule has 1 N–H and O–H groups in total. The van der Waals surface area contributed by atoms with Crippen LogP contribution in [0.2, 0.25) is 0 Å². The zero-order chi connectivity index (χ0) is 11.7. The van der Waals surface area contributed by atoms with E-state index in [1.165, 1.54) is 32.2 Å². The lowest BCUT2D eigenvalue weighted by Crippen LogP contribution is -2.31. The average Bonchev–Trinajstić information content (AvgIpc) is 3.09. The van der Waals surface area contributed by atoms with Crippen LogP contribution in [0.4, 0.5) is 0 Å². The first-order valence-corrected chi connectivity index (χ1v) is 6.62. The molecule has 0 amide bonds. The number of rotatable bonds is 3. The fraction of sp³-hybridized carbons (Fsp3) is 0.833. The van der Waals surface area contributed by atoms with Gasteiger partial charge in [-0.25, -0.2) is 4.68 Å². The van der Waals surface area contributed by atoms with Crippen molar-refractivity contribution in [3.05, 3.63) is 11.9 Å². The van der Waals surface area contributed by atoms with E-state index in [0.717, 1.165) is 19.0 Å². The lowest BCUT2D eigenvalue weighted by atomic mass is 10.2. The molecule has 5 heteroatoms. The van der Waals surface area contributed by atoms with Crippen molar-refractivity contribution in [1.82, 2.24) is 19.9 Å². The molecule has 1 saturated carbocycles. The van der Waals surface area contributed by atoms with Crippen LogP contribution in [0.25, 0.3) is 0 Å². The summed E-state index contributed by atoms with van der Waals surface area (Å²) in [6.07, 6.45) is 8.55. The third-order valence-electron chi connectivity index (χ3n) is 4.13. The van der Waals surface area contributed by atoms with Crippen molar-refractivity contribution in [3.8, 4) is 0 Å². The standard InChI is InChI=1S/C12H20N4O/c17-9-10-7-16(14-13-10)12-5-6-15(8-12)11-3-1-2-4-11/h7,11-12,17H,1-6,8-9H2. The second kappa shape index (κ2) is 4.74. The van der Waals surface area contributed by atoms with Gasteiger partial charge in [0.25, 0.3) is 0 Å². The SMILES string of the molecule is OCc1cn(C2CCN(C3CCCC3)C2)nn1. The molecule has 94 valence electrons. The van der Waals surface area contributed by atoms with Gasteiger partial charge < -0.3 is 5.11 Å². The highest BCUT2D eigenvalue weighted by atomic mass is 16.3. The van der Waals surface area contributed by atoms with E-state index in [4.69, 9.17) is 5.11 Å². The van der Waals surface area contributed by atoms with Crippen molar-refractivity contribution in [3.63, 3.8) is 0 Å². The Hall–Kier alpha value is -0.940. The average molecular weight is 236 g/mol. The Kier molecular flexibility index (Phi) is 3.11. The van der Waals surface area contributed by atoms with Crippen LogP contribution in [0.3, 0.4) is 0 Å². The molecule has 1 aromatic heterocycles. The molecule has 2 fully saturated rings. The number of likely N-dealkylation sites (tertiary alicyclic amines) is 1. The van der Waals surface area contributed by atoms with Crippen LogP contribution in [0.15, 0.2) is 6.20 Å². The van der Waals surface area contributed by atoms with Crippen molar-refractivity contribution in [2.75, 3.05) is 13.1 Å². The van der Waals surface area contributed by atoms with E-state index >= 15 is 0 Å². The van der Waals surface area contributed by atoms with E-state index in [2.05, 4.69) is 15.2 Å². The molecule has 2 heterocycles. The molecule has 5 nitrogen and oxygen atoms in total. The monoisotopic (exact) mass is 236 g/mol. The van der Waals surface area contributed by atoms with Crippen LogP contribution in [0.1, 0.15) is 43.8 Å². The molecule has 1 aliphatic heterocycles. The van der Waals surface area contributed by atoms with Crippen LogP contribution in [0.5, 0.6) is 0 Å². The second-order valence-electron chi connectivity index (χ2n) is 5.22. The largest absolute Gasteiger partial charge is 0.390 e. The first-order valence-electron chi connectivity index (χ1n) is 6.62. The van der Waals surface area contributed by atoms with Crippen LogP contribution < -0.4 is 0 Å². The third kappa shape index (κ3) is 2.21. The third-order valence-corrected chi connectivity index (χ3v) is 4.13. The number of nitrogens with zero attached hydrogens (tertiary/aromatic N) is 4. The van der Waals surface area contributed by atoms with Crippen LogP contribution in [-0.4, -0.2) is 44.1 Å². The maximum atomic E-state index is 8.99. The van der Waals surface area contributed by atoms with Gasteiger partial charge in [0.15, 0.2) is 0 Å². The van der Waals surface area contributed by atoms with Gasteiger partial charge in [0.1, 0.15) is 5.69 Å². The first kappa shape index (κ1) is 11.2. The summed E-state index contributed by atoms with van der Waals surface area (Å²) in [5, 5.41) is 17.0. The molecule has 0 aromatic carbocycles. The topological polar surface area (TPSA) is 54.2 Å². The quantitative estimate of drug-likeness (QED) is 0.849. The van der Waals surface area contributed by atoms with E-state index in [-0.39, 0.29) is 6.61 Å². The summed E-state index contributed by atoms with van der Waals surface area (Å²) in [5.74, 6) is 0. The summed E-state index contributed by atoms with van der Waals surface area (Å²) in [5.41, 5.74) is 0.671. The summed E-state index contributed by atoms with van der Waals surface area (Å²) in [6, 6.07) is 1.25. The zero-order valence-electron chi connectivity index (χ0n) is 10.1. The van der Waals surface area contributed by atoms with Gasteiger partial charge in [-0.3, -0.25) is 4.90 Å². The first-order chi connectivity index (χ1) is 8.36. The number of aliphatic hydroxyl groups excluding tert-OH is 1. The van der Waals surface area contributed by atoms with Crippen molar-refractivity contribution in [1.29, 1.82) is 0 Å². The Balaban J connectivity index is 1.62. The molecule has 1 saturated heterocycles. The zero-order valence-corrected chi connectivity index (χ0v) is 10.1. The van der Waals surface area contributed by atoms with Crippen LogP contribution in [0, 0.1) is 0 Å². The molecule has 1 atom stereocenters. The highest BCUT2D eigenvalue weighted by Gasteiger charge is 2.31. The summed E-state index contributed by atoms with van der Waals surface area (Å²) in [6.45, 7) is 2.27. The Morgan fingerprint density at radius 3 is 2.76 bits per heavy atom. The van der Waals surface area contributed by atoms with Gasteiger partial charge >= 0.3 is 0 Å². The predicted molar refractivity (Wildman–Crippen MR) is 63.4 cm³/mol. The van der Waals surface area contributed by atoms with Gasteiger partial charge in [-0.2, -0.15) is 0 Å². The van der Waals surface area contributed by atoms with Gasteiger partial charge in [0.2, 0.25) is 0 Å². The Morgan fingerprint density at radius 2 is 2.06 bits per heavy atom. The van der Waals surface area contributed by atoms with E-state index in [1.807, 2.05) is 10.9 Å². The number of hydrogen-bond acceptors (Lipinski definition) is 4. The number of hydrogen-bond donors (Lipinski definition) is 1. The molecule has 0 bridgehead atoms. The highest BCUT2D eigenvalue weighted by Crippen LogP contribution is 2.30. The van der Waals surface area contributed by atoms with Gasteiger partial charge in [-0.15, -0.1) is 5.10 Å². The summed E-state index contributed by atoms with van der Waals surface area (Å²) in [7, 11) is 0. The fourth-order valence-corrected chi connectivity index (χ4v) is 3.15. The molecule has 0 spiro atoms. The van der Waals surface area contributed by atoms with E-state index in [1.54, 1.807) is 0 Å². The van der Waals surface area contributed by atoms with Crippen molar-refractivity contribution in [2.45, 2.75) is 50.8 Å². The molecular formula is C12H20N4O. The minimum atomic E-state index is -0.0148. The van der Waals surface area contributed by atoms with Crippen molar-refractivity contribution in [2.24, 2.45) is 0 Å². The van der Waals surface area contributed by atoms with Crippen LogP contribution in [-0.2, 0) is 6.61 Å². The maximum absolute atomic E-state index is 8.99. The maximum Gasteiger partial charge on any atom is 0.108 e. The molecule has 1 aliphatic carbocycles. The normalized spacial score (nSPS) is 27.0. The second-order valence-corrected chi connectivity index (χ2v) is 5.22. The fourth-order valence-electron chi connectivity index (χ4n) is 3.15. The molecule has 0 radical (unpaired) electrons. The lowest BCUT2D eigenvalue weighted by molar-refractivity contribution is 0.235. The number of aromatic nitrogens is 3. The van der Waals surface area contributed by atoms with Crippen molar-refractivity contribution >= 4 is 0 Å². The lowest BCUT2D eigenvalue weighted by Gasteiger charge is -2.23. The van der Waals surface area contributed by atoms with Gasteiger partial charge in [0, 0.05) is 19.1 Å². The summed E-state index contributed by atoms with van der Waals surface area (Å²) < 4.78 is 1.93. The molecular weight excluding hydrogens is 216 g/mol. The molecule has 1 unspecified atom stereocenters. The minimum absolute atomic E-state index is 0.0148. The molecule has 2 aliphatic rings. The predicted octanol–water partition coefficient (Wildman–Crippen LogP) is 0.960. The highest BCUT2D eigenvalue weighted by molar-refractivity contribution is 4.93. The molecule has 1 aromatic rings. The van der Waals surface area contributed by atoms with Crippen molar-refractivity contribution < 1.29 is 5.11 Å². The summed E-state index contributed by atoms with van der Waals surface area (Å²) in [4.78, 5) is 2.61. The van der Waals surface area contributed by atoms with E-state index in [0.29, 0.717) is 11.7 Å². The smallest absolute Gasteiger partial charge is 0.108 e. The van der Waals surface area contributed by atoms with Gasteiger partial charge in [0.05, 0.1) is 18.8 Å². The van der Waals surface area contributed by atoms with E-state index < -0.39 is 0 Å². The number of aliphatic hydroxyl groups is 1.